The Kier molecular flexibility index (Phi) is 8.83. The monoisotopic (exact) mass is 630 g/mol. The number of phenols is 2. The number of fused-ring (bicyclic) bond motifs is 2. The molecule has 0 spiro atoms. The summed E-state index contributed by atoms with van der Waals surface area (Å²) in [6.07, 6.45) is 2.24. The van der Waals surface area contributed by atoms with Crippen LogP contribution in [0.3, 0.4) is 0 Å². The zero-order valence-electron chi connectivity index (χ0n) is 24.7. The molecule has 45 heavy (non-hydrogen) atoms. The molecule has 0 amide bonds. The van der Waals surface area contributed by atoms with Gasteiger partial charge in [-0.3, -0.25) is 4.79 Å². The quantitative estimate of drug-likeness (QED) is 0.0712. The van der Waals surface area contributed by atoms with Crippen LogP contribution >= 0.6 is 23.5 Å². The molecule has 0 aliphatic carbocycles. The van der Waals surface area contributed by atoms with Crippen molar-refractivity contribution in [3.63, 3.8) is 0 Å². The van der Waals surface area contributed by atoms with Gasteiger partial charge >= 0.3 is 5.97 Å². The van der Waals surface area contributed by atoms with Crippen molar-refractivity contribution in [2.45, 2.75) is 23.1 Å². The van der Waals surface area contributed by atoms with E-state index in [1.807, 2.05) is 66.9 Å². The maximum absolute atomic E-state index is 13.0. The standard InChI is InChI=1S/C38H30O5S2/c1-3-45-30-14-7-25(8-15-30)38(42)43-28-11-17-32-27(22-28)10-19-34(40)37(32)36-31-16-4-23(20-26(31)9-18-33(36)39)21-35(41)24-5-12-29(44-2)13-6-24/h4-20,22,39-40H,3,21H2,1-2H3. The zero-order chi connectivity index (χ0) is 31.5. The molecule has 0 heterocycles. The summed E-state index contributed by atoms with van der Waals surface area (Å²) in [6, 6.07) is 32.6. The Morgan fingerprint density at radius 2 is 1.24 bits per heavy atom. The first kappa shape index (κ1) is 30.3. The van der Waals surface area contributed by atoms with E-state index < -0.39 is 5.97 Å². The molecular formula is C38H30O5S2. The molecule has 0 saturated heterocycles. The number of Topliss-reactive ketones (excluding diaryl/α,β-unsaturated/α-hetero) is 1. The van der Waals surface area contributed by atoms with Crippen LogP contribution in [0, 0.1) is 0 Å². The molecule has 0 radical (unpaired) electrons. The van der Waals surface area contributed by atoms with E-state index >= 15 is 0 Å². The number of thioether (sulfide) groups is 2. The number of rotatable bonds is 9. The van der Waals surface area contributed by atoms with Crippen LogP contribution in [-0.4, -0.2) is 34.0 Å². The van der Waals surface area contributed by atoms with Crippen molar-refractivity contribution in [1.29, 1.82) is 0 Å². The molecule has 0 aromatic heterocycles. The van der Waals surface area contributed by atoms with Crippen molar-refractivity contribution < 1.29 is 24.5 Å². The van der Waals surface area contributed by atoms with Gasteiger partial charge in [0.2, 0.25) is 0 Å². The Hall–Kier alpha value is -4.72. The smallest absolute Gasteiger partial charge is 0.343 e. The minimum Gasteiger partial charge on any atom is -0.507 e. The Balaban J connectivity index is 1.31. The van der Waals surface area contributed by atoms with Crippen LogP contribution < -0.4 is 4.74 Å². The van der Waals surface area contributed by atoms with Crippen LogP contribution in [0.15, 0.2) is 119 Å². The number of hydrogen-bond donors (Lipinski definition) is 2. The second-order valence-electron chi connectivity index (χ2n) is 10.5. The number of phenolic OH excluding ortho intramolecular Hbond substituents is 2. The van der Waals surface area contributed by atoms with Gasteiger partial charge < -0.3 is 14.9 Å². The summed E-state index contributed by atoms with van der Waals surface area (Å²) in [5.41, 5.74) is 2.92. The van der Waals surface area contributed by atoms with Crippen LogP contribution in [0.1, 0.15) is 33.2 Å². The minimum atomic E-state index is -0.459. The maximum atomic E-state index is 13.0. The van der Waals surface area contributed by atoms with Crippen LogP contribution in [0.25, 0.3) is 32.7 Å². The lowest BCUT2D eigenvalue weighted by Crippen LogP contribution is -2.08. The van der Waals surface area contributed by atoms with Crippen molar-refractivity contribution >= 4 is 56.8 Å². The molecule has 224 valence electrons. The second-order valence-corrected chi connectivity index (χ2v) is 12.8. The molecule has 7 heteroatoms. The van der Waals surface area contributed by atoms with Crippen LogP contribution in [0.2, 0.25) is 0 Å². The second kappa shape index (κ2) is 13.1. The molecule has 0 atom stereocenters. The molecular weight excluding hydrogens is 601 g/mol. The average molecular weight is 631 g/mol. The molecule has 2 N–H and O–H groups in total. The van der Waals surface area contributed by atoms with Gasteiger partial charge in [0.25, 0.3) is 0 Å². The predicted octanol–water partition coefficient (Wildman–Crippen LogP) is 9.55. The van der Waals surface area contributed by atoms with Crippen molar-refractivity contribution in [3.8, 4) is 28.4 Å². The number of benzene rings is 6. The third-order valence-corrected chi connectivity index (χ3v) is 9.31. The van der Waals surface area contributed by atoms with Crippen molar-refractivity contribution in [2.24, 2.45) is 0 Å². The van der Waals surface area contributed by atoms with Gasteiger partial charge in [0.15, 0.2) is 5.78 Å². The number of ether oxygens (including phenoxy) is 1. The fourth-order valence-electron chi connectivity index (χ4n) is 5.45. The normalized spacial score (nSPS) is 11.2. The molecule has 0 fully saturated rings. The Morgan fingerprint density at radius 1 is 0.667 bits per heavy atom. The number of esters is 1. The van der Waals surface area contributed by atoms with Gasteiger partial charge in [-0.2, -0.15) is 0 Å². The molecule has 6 rings (SSSR count). The fourth-order valence-corrected chi connectivity index (χ4v) is 6.52. The molecule has 0 unspecified atom stereocenters. The lowest BCUT2D eigenvalue weighted by atomic mass is 9.91. The summed E-state index contributed by atoms with van der Waals surface area (Å²) in [5, 5.41) is 25.1. The SMILES string of the molecule is CCSc1ccc(C(=O)Oc2ccc3c(-c4c(O)ccc5cc(CC(=O)c6ccc(SC)cc6)ccc45)c(O)ccc3c2)cc1. The van der Waals surface area contributed by atoms with Gasteiger partial charge in [0.05, 0.1) is 5.56 Å². The van der Waals surface area contributed by atoms with Crippen LogP contribution in [0.4, 0.5) is 0 Å². The van der Waals surface area contributed by atoms with E-state index in [1.54, 1.807) is 72.1 Å². The van der Waals surface area contributed by atoms with E-state index in [0.29, 0.717) is 33.4 Å². The van der Waals surface area contributed by atoms with Gasteiger partial charge in [0, 0.05) is 32.9 Å². The van der Waals surface area contributed by atoms with E-state index in [-0.39, 0.29) is 23.7 Å². The van der Waals surface area contributed by atoms with Crippen molar-refractivity contribution in [1.82, 2.24) is 0 Å². The average Bonchev–Trinajstić information content (AvgIpc) is 3.06. The predicted molar refractivity (Wildman–Crippen MR) is 184 cm³/mol. The molecule has 0 aliphatic rings. The van der Waals surface area contributed by atoms with Gasteiger partial charge in [-0.25, -0.2) is 4.79 Å². The molecule has 5 nitrogen and oxygen atoms in total. The van der Waals surface area contributed by atoms with Gasteiger partial charge in [-0.1, -0.05) is 49.4 Å². The van der Waals surface area contributed by atoms with Crippen LogP contribution in [0.5, 0.6) is 17.2 Å². The van der Waals surface area contributed by atoms with E-state index in [0.717, 1.165) is 37.3 Å². The lowest BCUT2D eigenvalue weighted by molar-refractivity contribution is 0.0734. The molecule has 0 bridgehead atoms. The topological polar surface area (TPSA) is 83.8 Å². The summed E-state index contributed by atoms with van der Waals surface area (Å²) >= 11 is 3.33. The number of hydrogen-bond acceptors (Lipinski definition) is 7. The number of carbonyl (C=O) groups is 2. The highest BCUT2D eigenvalue weighted by Gasteiger charge is 2.19. The molecule has 6 aromatic rings. The highest BCUT2D eigenvalue weighted by atomic mass is 32.2. The fraction of sp³-hybridized carbons (Fsp3) is 0.105. The largest absolute Gasteiger partial charge is 0.507 e. The summed E-state index contributed by atoms with van der Waals surface area (Å²) in [4.78, 5) is 28.0. The summed E-state index contributed by atoms with van der Waals surface area (Å²) in [7, 11) is 0. The zero-order valence-corrected chi connectivity index (χ0v) is 26.4. The van der Waals surface area contributed by atoms with Crippen molar-refractivity contribution in [2.75, 3.05) is 12.0 Å². The Bertz CT molecular complexity index is 2050. The van der Waals surface area contributed by atoms with E-state index in [2.05, 4.69) is 6.92 Å². The van der Waals surface area contributed by atoms with Crippen LogP contribution in [-0.2, 0) is 6.42 Å². The summed E-state index contributed by atoms with van der Waals surface area (Å²) < 4.78 is 5.68. The Labute approximate surface area is 269 Å². The number of aromatic hydroxyl groups is 2. The van der Waals surface area contributed by atoms with E-state index in [4.69, 9.17) is 4.74 Å². The summed E-state index contributed by atoms with van der Waals surface area (Å²) in [5.74, 6) is 0.911. The maximum Gasteiger partial charge on any atom is 0.343 e. The highest BCUT2D eigenvalue weighted by Crippen LogP contribution is 2.45. The minimum absolute atomic E-state index is 0.00743. The lowest BCUT2D eigenvalue weighted by Gasteiger charge is -2.15. The first-order chi connectivity index (χ1) is 21.8. The highest BCUT2D eigenvalue weighted by molar-refractivity contribution is 7.99. The van der Waals surface area contributed by atoms with E-state index in [1.165, 1.54) is 0 Å². The number of carbonyl (C=O) groups excluding carboxylic acids is 2. The summed E-state index contributed by atoms with van der Waals surface area (Å²) in [6.45, 7) is 2.08. The first-order valence-electron chi connectivity index (χ1n) is 14.5. The van der Waals surface area contributed by atoms with Crippen molar-refractivity contribution in [3.05, 3.63) is 126 Å². The number of ketones is 1. The van der Waals surface area contributed by atoms with Gasteiger partial charge in [0.1, 0.15) is 17.2 Å². The Morgan fingerprint density at radius 3 is 1.87 bits per heavy atom. The molecule has 6 aromatic carbocycles. The van der Waals surface area contributed by atoms with Gasteiger partial charge in [-0.15, -0.1) is 23.5 Å². The third kappa shape index (κ3) is 6.41. The molecule has 0 saturated carbocycles. The third-order valence-electron chi connectivity index (χ3n) is 7.67. The van der Waals surface area contributed by atoms with Gasteiger partial charge in [-0.05, 0) is 106 Å². The first-order valence-corrected chi connectivity index (χ1v) is 16.7. The molecule has 0 aliphatic heterocycles. The van der Waals surface area contributed by atoms with E-state index in [9.17, 15) is 19.8 Å².